The summed E-state index contributed by atoms with van der Waals surface area (Å²) in [4.78, 5) is 73.0. The molecular formula is C80H156O17P2. The molecule has 0 heterocycles. The summed E-state index contributed by atoms with van der Waals surface area (Å²) in [6.07, 6.45) is 60.9. The van der Waals surface area contributed by atoms with Crippen molar-refractivity contribution >= 4 is 39.5 Å². The van der Waals surface area contributed by atoms with Gasteiger partial charge >= 0.3 is 39.5 Å². The second-order valence-corrected chi connectivity index (χ2v) is 32.4. The van der Waals surface area contributed by atoms with Gasteiger partial charge in [-0.25, -0.2) is 9.13 Å². The van der Waals surface area contributed by atoms with Crippen LogP contribution in [-0.2, 0) is 65.4 Å². The number of phosphoric acid groups is 2. The molecule has 0 amide bonds. The topological polar surface area (TPSA) is 237 Å². The molecule has 99 heavy (non-hydrogen) atoms. The zero-order chi connectivity index (χ0) is 72.8. The molecule has 0 radical (unpaired) electrons. The number of aliphatic hydroxyl groups is 1. The van der Waals surface area contributed by atoms with E-state index in [1.807, 2.05) is 0 Å². The zero-order valence-electron chi connectivity index (χ0n) is 64.8. The highest BCUT2D eigenvalue weighted by atomic mass is 31.2. The average molecular weight is 1450 g/mol. The molecule has 19 heteroatoms. The fraction of sp³-hybridized carbons (Fsp3) is 0.950. The third-order valence-corrected chi connectivity index (χ3v) is 21.0. The first kappa shape index (κ1) is 97.1. The van der Waals surface area contributed by atoms with Crippen LogP contribution in [0.25, 0.3) is 0 Å². The Kier molecular flexibility index (Phi) is 70.3. The molecule has 0 saturated carbocycles. The summed E-state index contributed by atoms with van der Waals surface area (Å²) < 4.78 is 68.7. The summed E-state index contributed by atoms with van der Waals surface area (Å²) in [5.41, 5.74) is 0. The number of unbranched alkanes of at least 4 members (excludes halogenated alkanes) is 48. The van der Waals surface area contributed by atoms with Crippen LogP contribution in [0.2, 0.25) is 0 Å². The fourth-order valence-corrected chi connectivity index (χ4v) is 13.9. The van der Waals surface area contributed by atoms with Crippen LogP contribution in [0.4, 0.5) is 0 Å². The van der Waals surface area contributed by atoms with E-state index in [1.165, 1.54) is 238 Å². The van der Waals surface area contributed by atoms with E-state index in [1.54, 1.807) is 0 Å². The molecule has 0 spiro atoms. The van der Waals surface area contributed by atoms with Crippen LogP contribution in [-0.4, -0.2) is 96.7 Å². The van der Waals surface area contributed by atoms with Gasteiger partial charge in [0.05, 0.1) is 26.4 Å². The highest BCUT2D eigenvalue weighted by molar-refractivity contribution is 7.47. The molecule has 3 unspecified atom stereocenters. The molecule has 0 aromatic rings. The monoisotopic (exact) mass is 1450 g/mol. The first-order chi connectivity index (χ1) is 47.9. The van der Waals surface area contributed by atoms with Gasteiger partial charge in [0.15, 0.2) is 12.2 Å². The number of ether oxygens (including phenoxy) is 4. The van der Waals surface area contributed by atoms with E-state index in [2.05, 4.69) is 41.5 Å². The maximum absolute atomic E-state index is 13.1. The minimum absolute atomic E-state index is 0.107. The van der Waals surface area contributed by atoms with Crippen LogP contribution in [0.3, 0.4) is 0 Å². The summed E-state index contributed by atoms with van der Waals surface area (Å²) in [6, 6.07) is 0. The van der Waals surface area contributed by atoms with Crippen LogP contribution < -0.4 is 0 Å². The molecule has 0 aromatic carbocycles. The smallest absolute Gasteiger partial charge is 0.462 e. The Morgan fingerprint density at radius 3 is 0.768 bits per heavy atom. The van der Waals surface area contributed by atoms with Crippen LogP contribution in [0, 0.1) is 11.8 Å². The summed E-state index contributed by atoms with van der Waals surface area (Å²) in [6.45, 7) is 9.68. The second-order valence-electron chi connectivity index (χ2n) is 29.5. The Morgan fingerprint density at radius 1 is 0.293 bits per heavy atom. The highest BCUT2D eigenvalue weighted by Gasteiger charge is 2.30. The molecular weight excluding hydrogens is 1290 g/mol. The minimum atomic E-state index is -4.96. The van der Waals surface area contributed by atoms with E-state index in [0.29, 0.717) is 25.7 Å². The van der Waals surface area contributed by atoms with Crippen molar-refractivity contribution < 1.29 is 80.2 Å². The zero-order valence-corrected chi connectivity index (χ0v) is 66.6. The van der Waals surface area contributed by atoms with Gasteiger partial charge in [-0.3, -0.25) is 37.3 Å². The molecule has 0 aliphatic carbocycles. The Bertz CT molecular complexity index is 1910. The number of phosphoric ester groups is 2. The summed E-state index contributed by atoms with van der Waals surface area (Å²) >= 11 is 0. The number of carbonyl (C=O) groups excluding carboxylic acids is 4. The number of aliphatic hydroxyl groups excluding tert-OH is 1. The van der Waals surface area contributed by atoms with Crippen molar-refractivity contribution in [2.45, 2.75) is 439 Å². The quantitative estimate of drug-likeness (QED) is 0.0222. The van der Waals surface area contributed by atoms with Crippen LogP contribution in [0.1, 0.15) is 420 Å². The lowest BCUT2D eigenvalue weighted by Crippen LogP contribution is -2.30. The first-order valence-corrected chi connectivity index (χ1v) is 44.5. The van der Waals surface area contributed by atoms with Gasteiger partial charge in [0.25, 0.3) is 0 Å². The van der Waals surface area contributed by atoms with E-state index >= 15 is 0 Å². The Labute approximate surface area is 607 Å². The van der Waals surface area contributed by atoms with Crippen molar-refractivity contribution in [2.24, 2.45) is 11.8 Å². The summed E-state index contributed by atoms with van der Waals surface area (Å²) in [5, 5.41) is 10.6. The van der Waals surface area contributed by atoms with Crippen molar-refractivity contribution in [2.75, 3.05) is 39.6 Å². The molecule has 0 bridgehead atoms. The number of rotatable bonds is 79. The van der Waals surface area contributed by atoms with Crippen molar-refractivity contribution in [3.63, 3.8) is 0 Å². The molecule has 3 N–H and O–H groups in total. The van der Waals surface area contributed by atoms with Crippen molar-refractivity contribution in [1.82, 2.24) is 0 Å². The van der Waals surface area contributed by atoms with E-state index in [9.17, 15) is 43.2 Å². The SMILES string of the molecule is CCCCCCCCCCCCCCCCCCCC(=O)OC[C@H](COP(=O)(O)OC[C@@H](O)COP(=O)(O)OC[C@@H](COC(=O)CCCCCCCCCCC)OC(=O)CCCCCCCCCCCCCCC(C)C)OC(=O)CCCCCCCCCCCCCCCCC(C)CC. The molecule has 0 aliphatic rings. The number of carbonyl (C=O) groups is 4. The summed E-state index contributed by atoms with van der Waals surface area (Å²) in [7, 11) is -9.92. The van der Waals surface area contributed by atoms with Crippen LogP contribution in [0.5, 0.6) is 0 Å². The average Bonchev–Trinajstić information content (AvgIpc) is 1.31. The lowest BCUT2D eigenvalue weighted by atomic mass is 9.99. The predicted octanol–water partition coefficient (Wildman–Crippen LogP) is 23.9. The summed E-state index contributed by atoms with van der Waals surface area (Å²) in [5.74, 6) is -0.487. The van der Waals surface area contributed by atoms with Gasteiger partial charge in [0.1, 0.15) is 19.3 Å². The first-order valence-electron chi connectivity index (χ1n) is 41.5. The van der Waals surface area contributed by atoms with Gasteiger partial charge in [-0.1, -0.05) is 369 Å². The van der Waals surface area contributed by atoms with E-state index in [0.717, 1.165) is 102 Å². The molecule has 0 fully saturated rings. The Hall–Kier alpha value is -1.94. The number of hydrogen-bond acceptors (Lipinski definition) is 15. The number of esters is 4. The van der Waals surface area contributed by atoms with Gasteiger partial charge in [0, 0.05) is 25.7 Å². The molecule has 0 rings (SSSR count). The Morgan fingerprint density at radius 2 is 0.515 bits per heavy atom. The minimum Gasteiger partial charge on any atom is -0.462 e. The van der Waals surface area contributed by atoms with Gasteiger partial charge in [-0.15, -0.1) is 0 Å². The third-order valence-electron chi connectivity index (χ3n) is 19.1. The molecule has 588 valence electrons. The highest BCUT2D eigenvalue weighted by Crippen LogP contribution is 2.45. The number of hydrogen-bond donors (Lipinski definition) is 3. The predicted molar refractivity (Wildman–Crippen MR) is 405 cm³/mol. The fourth-order valence-electron chi connectivity index (χ4n) is 12.3. The maximum atomic E-state index is 13.1. The maximum Gasteiger partial charge on any atom is 0.472 e. The van der Waals surface area contributed by atoms with Gasteiger partial charge in [-0.2, -0.15) is 0 Å². The third kappa shape index (κ3) is 72.8. The molecule has 0 aromatic heterocycles. The molecule has 0 aliphatic heterocycles. The Balaban J connectivity index is 5.23. The molecule has 17 nitrogen and oxygen atoms in total. The van der Waals surface area contributed by atoms with Gasteiger partial charge < -0.3 is 33.8 Å². The van der Waals surface area contributed by atoms with Crippen molar-refractivity contribution in [3.05, 3.63) is 0 Å². The van der Waals surface area contributed by atoms with Crippen molar-refractivity contribution in [3.8, 4) is 0 Å². The lowest BCUT2D eigenvalue weighted by Gasteiger charge is -2.21. The molecule has 0 saturated heterocycles. The second kappa shape index (κ2) is 71.7. The normalized spacial score (nSPS) is 14.2. The standard InChI is InChI=1S/C80H156O17P2/c1-7-10-12-14-16-18-19-20-21-22-23-27-33-39-45-51-57-63-78(83)91-69-76(97-79(84)64-58-52-46-40-34-28-25-24-26-32-38-43-49-55-61-73(6)9-3)71-95-99(88,89)93-67-74(81)66-92-98(86,87)94-70-75(68-90-77(82)62-56-50-44-36-17-15-13-11-8-2)96-80(85)65-59-53-47-41-35-30-29-31-37-42-48-54-60-72(4)5/h72-76,81H,7-71H2,1-6H3,(H,86,87)(H,88,89)/t73?,74-,75+,76+/m0/s1. The van der Waals surface area contributed by atoms with Crippen LogP contribution in [0.15, 0.2) is 0 Å². The van der Waals surface area contributed by atoms with E-state index in [4.69, 9.17) is 37.0 Å². The van der Waals surface area contributed by atoms with Gasteiger partial charge in [-0.05, 0) is 37.5 Å². The largest absolute Gasteiger partial charge is 0.472 e. The molecule has 6 atom stereocenters. The van der Waals surface area contributed by atoms with E-state index in [-0.39, 0.29) is 25.7 Å². The van der Waals surface area contributed by atoms with Crippen molar-refractivity contribution in [1.29, 1.82) is 0 Å². The van der Waals surface area contributed by atoms with E-state index < -0.39 is 97.5 Å². The van der Waals surface area contributed by atoms with Gasteiger partial charge in [0.2, 0.25) is 0 Å². The lowest BCUT2D eigenvalue weighted by molar-refractivity contribution is -0.161. The van der Waals surface area contributed by atoms with Crippen LogP contribution >= 0.6 is 15.6 Å².